The maximum absolute atomic E-state index is 5.61. The van der Waals surface area contributed by atoms with Gasteiger partial charge in [0.05, 0.1) is 0 Å². The summed E-state index contributed by atoms with van der Waals surface area (Å²) in [5, 5.41) is 5.33. The number of anilines is 1. The highest BCUT2D eigenvalue weighted by molar-refractivity contribution is 8.15. The maximum Gasteiger partial charge on any atom is 0.190 e. The van der Waals surface area contributed by atoms with E-state index < -0.39 is 4.87 Å². The van der Waals surface area contributed by atoms with E-state index >= 15 is 0 Å². The third-order valence-corrected chi connectivity index (χ3v) is 4.01. The van der Waals surface area contributed by atoms with Crippen LogP contribution in [0.2, 0.25) is 0 Å². The smallest absolute Gasteiger partial charge is 0.190 e. The largest absolute Gasteiger partial charge is 0.442 e. The van der Waals surface area contributed by atoms with Crippen molar-refractivity contribution in [2.75, 3.05) is 5.73 Å². The fourth-order valence-corrected chi connectivity index (χ4v) is 2.85. The van der Waals surface area contributed by atoms with Gasteiger partial charge in [0.2, 0.25) is 0 Å². The van der Waals surface area contributed by atoms with Crippen molar-refractivity contribution in [2.45, 2.75) is 11.8 Å². The van der Waals surface area contributed by atoms with Crippen molar-refractivity contribution in [3.05, 3.63) is 53.8 Å². The number of hydrazone groups is 1. The Balaban J connectivity index is 1.86. The lowest BCUT2D eigenvalue weighted by atomic mass is 10.2. The fraction of sp³-hybridized carbons (Fsp3) is 0.154. The Labute approximate surface area is 109 Å². The van der Waals surface area contributed by atoms with Gasteiger partial charge < -0.3 is 10.2 Å². The lowest BCUT2D eigenvalue weighted by molar-refractivity contribution is 0.423. The molecule has 0 saturated carbocycles. The van der Waals surface area contributed by atoms with Crippen LogP contribution < -0.4 is 11.2 Å². The summed E-state index contributed by atoms with van der Waals surface area (Å²) in [6.07, 6.45) is 0. The second-order valence-corrected chi connectivity index (χ2v) is 5.64. The van der Waals surface area contributed by atoms with E-state index in [-0.39, 0.29) is 0 Å². The predicted molar refractivity (Wildman–Crippen MR) is 74.2 cm³/mol. The number of nitrogens with two attached hydrogens (primary N) is 1. The number of benzene rings is 1. The van der Waals surface area contributed by atoms with Gasteiger partial charge in [-0.2, -0.15) is 5.10 Å². The van der Waals surface area contributed by atoms with Crippen molar-refractivity contribution in [3.63, 3.8) is 0 Å². The third-order valence-electron chi connectivity index (χ3n) is 2.79. The Kier molecular flexibility index (Phi) is 2.56. The predicted octanol–water partition coefficient (Wildman–Crippen LogP) is 2.73. The van der Waals surface area contributed by atoms with Gasteiger partial charge in [-0.15, -0.1) is 0 Å². The second-order valence-electron chi connectivity index (χ2n) is 4.23. The molecule has 0 saturated heterocycles. The van der Waals surface area contributed by atoms with E-state index in [1.54, 1.807) is 17.8 Å². The van der Waals surface area contributed by atoms with Crippen LogP contribution in [0, 0.1) is 0 Å². The molecule has 5 heteroatoms. The number of hydrogen-bond acceptors (Lipinski definition) is 5. The van der Waals surface area contributed by atoms with Crippen LogP contribution >= 0.6 is 11.8 Å². The third kappa shape index (κ3) is 1.86. The van der Waals surface area contributed by atoms with Crippen molar-refractivity contribution in [1.29, 1.82) is 0 Å². The summed E-state index contributed by atoms with van der Waals surface area (Å²) in [5.74, 6) is 1.20. The Hall–Kier alpha value is -1.88. The molecule has 0 spiro atoms. The standard InChI is InChI=1S/C13H13N3OS/c1-13(10-7-8-11(14)17-10)16-15-12(18-13)9-5-3-2-4-6-9/h2-8,16H,14H2,1H3. The molecule has 3 N–H and O–H groups in total. The molecule has 1 aromatic heterocycles. The van der Waals surface area contributed by atoms with Crippen LogP contribution in [0.1, 0.15) is 18.2 Å². The molecule has 1 atom stereocenters. The Morgan fingerprint density at radius 2 is 2.00 bits per heavy atom. The number of hydrogen-bond donors (Lipinski definition) is 2. The van der Waals surface area contributed by atoms with Crippen molar-refractivity contribution in [2.24, 2.45) is 5.10 Å². The molecule has 1 aromatic carbocycles. The Morgan fingerprint density at radius 3 is 2.67 bits per heavy atom. The summed E-state index contributed by atoms with van der Waals surface area (Å²) < 4.78 is 5.48. The Morgan fingerprint density at radius 1 is 1.22 bits per heavy atom. The SMILES string of the molecule is CC1(c2ccc(N)o2)NN=C(c2ccccc2)S1. The van der Waals surface area contributed by atoms with Gasteiger partial charge in [0.15, 0.2) is 10.8 Å². The molecule has 1 aliphatic heterocycles. The molecule has 0 aliphatic carbocycles. The second kappa shape index (κ2) is 4.10. The fourth-order valence-electron chi connectivity index (χ4n) is 1.82. The van der Waals surface area contributed by atoms with Gasteiger partial charge in [0.25, 0.3) is 0 Å². The van der Waals surface area contributed by atoms with Crippen LogP contribution in [0.3, 0.4) is 0 Å². The van der Waals surface area contributed by atoms with Crippen LogP contribution in [0.25, 0.3) is 0 Å². The first kappa shape index (κ1) is 11.2. The van der Waals surface area contributed by atoms with Crippen molar-refractivity contribution >= 4 is 22.7 Å². The van der Waals surface area contributed by atoms with Crippen LogP contribution in [0.5, 0.6) is 0 Å². The van der Waals surface area contributed by atoms with Gasteiger partial charge in [0.1, 0.15) is 10.8 Å². The monoisotopic (exact) mass is 259 g/mol. The molecule has 2 aromatic rings. The first-order valence-electron chi connectivity index (χ1n) is 5.62. The topological polar surface area (TPSA) is 63.5 Å². The lowest BCUT2D eigenvalue weighted by Gasteiger charge is -2.19. The molecule has 0 bridgehead atoms. The van der Waals surface area contributed by atoms with Crippen molar-refractivity contribution < 1.29 is 4.42 Å². The van der Waals surface area contributed by atoms with Crippen LogP contribution in [0.4, 0.5) is 5.88 Å². The number of nitrogen functional groups attached to an aromatic ring is 1. The van der Waals surface area contributed by atoms with E-state index in [0.717, 1.165) is 16.4 Å². The molecule has 4 nitrogen and oxygen atoms in total. The number of rotatable bonds is 2. The normalized spacial score (nSPS) is 22.6. The van der Waals surface area contributed by atoms with Crippen LogP contribution in [0.15, 0.2) is 52.0 Å². The van der Waals surface area contributed by atoms with Gasteiger partial charge in [-0.1, -0.05) is 42.1 Å². The molecular formula is C13H13N3OS. The molecule has 0 amide bonds. The minimum absolute atomic E-state index is 0.400. The zero-order valence-corrected chi connectivity index (χ0v) is 10.7. The zero-order chi connectivity index (χ0) is 12.6. The highest BCUT2D eigenvalue weighted by Gasteiger charge is 2.37. The highest BCUT2D eigenvalue weighted by atomic mass is 32.2. The van der Waals surface area contributed by atoms with Crippen LogP contribution in [-0.4, -0.2) is 5.04 Å². The van der Waals surface area contributed by atoms with E-state index in [1.165, 1.54) is 0 Å². The molecular weight excluding hydrogens is 246 g/mol. The first-order valence-corrected chi connectivity index (χ1v) is 6.44. The summed E-state index contributed by atoms with van der Waals surface area (Å²) in [4.78, 5) is -0.400. The molecule has 0 fully saturated rings. The van der Waals surface area contributed by atoms with E-state index in [2.05, 4.69) is 10.5 Å². The van der Waals surface area contributed by atoms with Gasteiger partial charge >= 0.3 is 0 Å². The molecule has 1 unspecified atom stereocenters. The summed E-state index contributed by atoms with van der Waals surface area (Å²) in [6, 6.07) is 13.7. The van der Waals surface area contributed by atoms with E-state index in [0.29, 0.717) is 5.88 Å². The maximum atomic E-state index is 5.61. The van der Waals surface area contributed by atoms with E-state index in [9.17, 15) is 0 Å². The number of thioether (sulfide) groups is 1. The highest BCUT2D eigenvalue weighted by Crippen LogP contribution is 2.40. The lowest BCUT2D eigenvalue weighted by Crippen LogP contribution is -2.28. The summed E-state index contributed by atoms with van der Waals surface area (Å²) in [7, 11) is 0. The first-order chi connectivity index (χ1) is 8.67. The average molecular weight is 259 g/mol. The molecule has 0 radical (unpaired) electrons. The van der Waals surface area contributed by atoms with Gasteiger partial charge in [-0.3, -0.25) is 5.43 Å². The molecule has 2 heterocycles. The molecule has 92 valence electrons. The minimum atomic E-state index is -0.400. The number of nitrogens with zero attached hydrogens (tertiary/aromatic N) is 1. The zero-order valence-electron chi connectivity index (χ0n) is 9.88. The Bertz CT molecular complexity index is 593. The summed E-state index contributed by atoms with van der Waals surface area (Å²) in [5.41, 5.74) is 9.82. The average Bonchev–Trinajstić information content (AvgIpc) is 2.98. The van der Waals surface area contributed by atoms with Gasteiger partial charge in [0, 0.05) is 11.6 Å². The number of furan rings is 1. The van der Waals surface area contributed by atoms with Crippen molar-refractivity contribution in [3.8, 4) is 0 Å². The van der Waals surface area contributed by atoms with E-state index in [4.69, 9.17) is 10.2 Å². The molecule has 3 rings (SSSR count). The minimum Gasteiger partial charge on any atom is -0.442 e. The van der Waals surface area contributed by atoms with Gasteiger partial charge in [-0.05, 0) is 13.0 Å². The summed E-state index contributed by atoms with van der Waals surface area (Å²) >= 11 is 1.62. The molecule has 18 heavy (non-hydrogen) atoms. The van der Waals surface area contributed by atoms with Crippen LogP contribution in [-0.2, 0) is 4.87 Å². The van der Waals surface area contributed by atoms with E-state index in [1.807, 2.05) is 43.3 Å². The van der Waals surface area contributed by atoms with Crippen molar-refractivity contribution in [1.82, 2.24) is 5.43 Å². The summed E-state index contributed by atoms with van der Waals surface area (Å²) in [6.45, 7) is 2.02. The molecule has 1 aliphatic rings. The van der Waals surface area contributed by atoms with Gasteiger partial charge in [-0.25, -0.2) is 0 Å². The quantitative estimate of drug-likeness (QED) is 0.870. The number of nitrogens with one attached hydrogen (secondary N) is 1.